The number of aromatic nitrogens is 1. The van der Waals surface area contributed by atoms with Gasteiger partial charge in [-0.25, -0.2) is 0 Å². The van der Waals surface area contributed by atoms with Crippen molar-refractivity contribution in [2.24, 2.45) is 0 Å². The average Bonchev–Trinajstić information content (AvgIpc) is 3.50. The van der Waals surface area contributed by atoms with Crippen LogP contribution >= 0.6 is 0 Å². The molecule has 1 fully saturated rings. The van der Waals surface area contributed by atoms with Crippen molar-refractivity contribution in [3.63, 3.8) is 0 Å². The topological polar surface area (TPSA) is 90.5 Å². The lowest BCUT2D eigenvalue weighted by Gasteiger charge is -2.31. The minimum Gasteiger partial charge on any atom is -0.393 e. The third-order valence-electron chi connectivity index (χ3n) is 7.08. The summed E-state index contributed by atoms with van der Waals surface area (Å²) in [6, 6.07) is 25.4. The summed E-state index contributed by atoms with van der Waals surface area (Å²) in [7, 11) is 0. The Balaban J connectivity index is 1.17. The first-order valence-corrected chi connectivity index (χ1v) is 12.9. The number of Topliss-reactive ketones (excluding diaryl/α,β-unsaturated/α-hetero) is 2. The summed E-state index contributed by atoms with van der Waals surface area (Å²) in [5.74, 6) is -0.0852. The third-order valence-corrected chi connectivity index (χ3v) is 7.08. The molecular weight excluding hydrogens is 476 g/mol. The summed E-state index contributed by atoms with van der Waals surface area (Å²) >= 11 is 0. The standard InChI is InChI=1S/C32H30N2O4/c35-28-15-18-34(19-16-28)27-13-11-24(12-14-27)30(36)20-22-3-7-25(8-4-22)32(38)26-9-5-23(6-10-26)21-31(37)29-2-1-17-33-29/h1-14,17,28,33,35H,15-16,18-21H2. The number of piperidine rings is 1. The minimum absolute atomic E-state index is 0.00195. The number of aliphatic hydroxyl groups excluding tert-OH is 1. The number of aromatic amines is 1. The Morgan fingerprint density at radius 1 is 0.711 bits per heavy atom. The van der Waals surface area contributed by atoms with Crippen LogP contribution < -0.4 is 4.90 Å². The van der Waals surface area contributed by atoms with Gasteiger partial charge >= 0.3 is 0 Å². The molecule has 1 aliphatic rings. The SMILES string of the molecule is O=C(Cc1ccc(C(=O)c2ccc(CC(=O)c3ccc[nH]3)cc2)cc1)c1ccc(N2CCC(O)CC2)cc1. The van der Waals surface area contributed by atoms with Gasteiger partial charge in [-0.2, -0.15) is 0 Å². The number of carbonyl (C=O) groups is 3. The predicted molar refractivity (Wildman–Crippen MR) is 147 cm³/mol. The van der Waals surface area contributed by atoms with Gasteiger partial charge in [0.25, 0.3) is 0 Å². The quantitative estimate of drug-likeness (QED) is 0.310. The van der Waals surface area contributed by atoms with Crippen molar-refractivity contribution in [1.29, 1.82) is 0 Å². The molecule has 38 heavy (non-hydrogen) atoms. The molecule has 0 atom stereocenters. The molecule has 2 heterocycles. The molecule has 1 aliphatic heterocycles. The van der Waals surface area contributed by atoms with Gasteiger partial charge in [-0.1, -0.05) is 48.5 Å². The van der Waals surface area contributed by atoms with Crippen LogP contribution in [0.4, 0.5) is 5.69 Å². The Kier molecular flexibility index (Phi) is 7.61. The maximum Gasteiger partial charge on any atom is 0.193 e. The van der Waals surface area contributed by atoms with E-state index in [4.69, 9.17) is 0 Å². The first kappa shape index (κ1) is 25.4. The van der Waals surface area contributed by atoms with Crippen LogP contribution in [-0.4, -0.2) is 46.6 Å². The molecule has 0 aliphatic carbocycles. The van der Waals surface area contributed by atoms with E-state index in [9.17, 15) is 19.5 Å². The number of anilines is 1. The van der Waals surface area contributed by atoms with Crippen LogP contribution in [0.1, 0.15) is 60.7 Å². The average molecular weight is 507 g/mol. The molecule has 1 saturated heterocycles. The van der Waals surface area contributed by atoms with E-state index in [1.54, 1.807) is 54.7 Å². The molecule has 192 valence electrons. The number of hydrogen-bond acceptors (Lipinski definition) is 5. The zero-order valence-corrected chi connectivity index (χ0v) is 21.1. The number of aliphatic hydroxyl groups is 1. The molecule has 0 saturated carbocycles. The van der Waals surface area contributed by atoms with Crippen molar-refractivity contribution in [1.82, 2.24) is 4.98 Å². The summed E-state index contributed by atoms with van der Waals surface area (Å²) in [6.45, 7) is 1.63. The highest BCUT2D eigenvalue weighted by molar-refractivity contribution is 6.09. The molecule has 1 aromatic heterocycles. The largest absolute Gasteiger partial charge is 0.393 e. The Morgan fingerprint density at radius 3 is 1.76 bits per heavy atom. The summed E-state index contributed by atoms with van der Waals surface area (Å²) in [4.78, 5) is 43.2. The highest BCUT2D eigenvalue weighted by Gasteiger charge is 2.18. The van der Waals surface area contributed by atoms with Crippen molar-refractivity contribution in [2.45, 2.75) is 31.8 Å². The molecule has 4 aromatic rings. The highest BCUT2D eigenvalue weighted by atomic mass is 16.3. The molecule has 0 radical (unpaired) electrons. The van der Waals surface area contributed by atoms with Crippen LogP contribution in [0.25, 0.3) is 0 Å². The van der Waals surface area contributed by atoms with Crippen LogP contribution in [0.5, 0.6) is 0 Å². The van der Waals surface area contributed by atoms with Gasteiger partial charge in [0.15, 0.2) is 17.3 Å². The molecule has 0 spiro atoms. The van der Waals surface area contributed by atoms with E-state index < -0.39 is 0 Å². The van der Waals surface area contributed by atoms with Crippen LogP contribution in [0.15, 0.2) is 91.1 Å². The number of hydrogen-bond donors (Lipinski definition) is 2. The maximum atomic E-state index is 12.9. The zero-order chi connectivity index (χ0) is 26.5. The Morgan fingerprint density at radius 2 is 1.24 bits per heavy atom. The number of rotatable bonds is 9. The monoisotopic (exact) mass is 506 g/mol. The zero-order valence-electron chi connectivity index (χ0n) is 21.1. The lowest BCUT2D eigenvalue weighted by molar-refractivity contribution is 0.0982. The molecule has 0 amide bonds. The fraction of sp³-hybridized carbons (Fsp3) is 0.219. The minimum atomic E-state index is -0.216. The summed E-state index contributed by atoms with van der Waals surface area (Å²) < 4.78 is 0. The van der Waals surface area contributed by atoms with E-state index in [1.165, 1.54) is 0 Å². The molecule has 0 bridgehead atoms. The molecule has 0 unspecified atom stereocenters. The van der Waals surface area contributed by atoms with Crippen molar-refractivity contribution < 1.29 is 19.5 Å². The van der Waals surface area contributed by atoms with E-state index in [0.717, 1.165) is 42.7 Å². The van der Waals surface area contributed by atoms with Crippen molar-refractivity contribution in [3.05, 3.63) is 125 Å². The first-order valence-electron chi connectivity index (χ1n) is 12.9. The number of nitrogens with one attached hydrogen (secondary N) is 1. The van der Waals surface area contributed by atoms with Crippen LogP contribution in [-0.2, 0) is 12.8 Å². The van der Waals surface area contributed by atoms with Crippen molar-refractivity contribution >= 4 is 23.0 Å². The van der Waals surface area contributed by atoms with Gasteiger partial charge in [0.1, 0.15) is 0 Å². The van der Waals surface area contributed by atoms with Gasteiger partial charge in [0, 0.05) is 54.5 Å². The van der Waals surface area contributed by atoms with E-state index in [0.29, 0.717) is 22.4 Å². The van der Waals surface area contributed by atoms with Crippen molar-refractivity contribution in [3.8, 4) is 0 Å². The van der Waals surface area contributed by atoms with Crippen LogP contribution in [0.3, 0.4) is 0 Å². The normalized spacial score (nSPS) is 13.9. The van der Waals surface area contributed by atoms with Crippen molar-refractivity contribution in [2.75, 3.05) is 18.0 Å². The second kappa shape index (κ2) is 11.4. The van der Waals surface area contributed by atoms with E-state index >= 15 is 0 Å². The van der Waals surface area contributed by atoms with Gasteiger partial charge < -0.3 is 15.0 Å². The molecule has 6 nitrogen and oxygen atoms in total. The van der Waals surface area contributed by atoms with E-state index in [1.807, 2.05) is 36.4 Å². The fourth-order valence-electron chi connectivity index (χ4n) is 4.77. The summed E-state index contributed by atoms with van der Waals surface area (Å²) in [5.41, 5.74) is 5.08. The second-order valence-corrected chi connectivity index (χ2v) is 9.77. The molecule has 3 aromatic carbocycles. The second-order valence-electron chi connectivity index (χ2n) is 9.77. The Hall–Kier alpha value is -4.29. The third kappa shape index (κ3) is 5.98. The molecular formula is C32H30N2O4. The lowest BCUT2D eigenvalue weighted by Crippen LogP contribution is -2.35. The van der Waals surface area contributed by atoms with Gasteiger partial charge in [0.05, 0.1) is 11.8 Å². The number of nitrogens with zero attached hydrogens (tertiary/aromatic N) is 1. The van der Waals surface area contributed by atoms with Crippen LogP contribution in [0.2, 0.25) is 0 Å². The first-order chi connectivity index (χ1) is 18.5. The number of carbonyl (C=O) groups excluding carboxylic acids is 3. The maximum absolute atomic E-state index is 12.9. The van der Waals surface area contributed by atoms with E-state index in [-0.39, 0.29) is 36.3 Å². The Bertz CT molecular complexity index is 1400. The molecule has 6 heteroatoms. The smallest absolute Gasteiger partial charge is 0.193 e. The van der Waals surface area contributed by atoms with Crippen LogP contribution in [0, 0.1) is 0 Å². The lowest BCUT2D eigenvalue weighted by atomic mass is 9.97. The highest BCUT2D eigenvalue weighted by Crippen LogP contribution is 2.21. The predicted octanol–water partition coefficient (Wildman–Crippen LogP) is 5.06. The number of benzene rings is 3. The number of ketones is 3. The van der Waals surface area contributed by atoms with Gasteiger partial charge in [-0.15, -0.1) is 0 Å². The van der Waals surface area contributed by atoms with Gasteiger partial charge in [-0.3, -0.25) is 14.4 Å². The van der Waals surface area contributed by atoms with Gasteiger partial charge in [-0.05, 0) is 60.4 Å². The molecule has 5 rings (SSSR count). The number of H-pyrrole nitrogens is 1. The van der Waals surface area contributed by atoms with E-state index in [2.05, 4.69) is 9.88 Å². The summed E-state index contributed by atoms with van der Waals surface area (Å²) in [5, 5.41) is 9.70. The van der Waals surface area contributed by atoms with Gasteiger partial charge in [0.2, 0.25) is 0 Å². The fourth-order valence-corrected chi connectivity index (χ4v) is 4.77. The molecule has 2 N–H and O–H groups in total. The summed E-state index contributed by atoms with van der Waals surface area (Å²) in [6.07, 6.45) is 3.56. The Labute approximate surface area is 221 Å².